The molecule has 5 nitrogen and oxygen atoms in total. The smallest absolute Gasteiger partial charge is 0.267 e. The van der Waals surface area contributed by atoms with Crippen molar-refractivity contribution >= 4 is 57.8 Å². The second kappa shape index (κ2) is 13.3. The molecule has 1 fully saturated rings. The first kappa shape index (κ1) is 28.8. The molecule has 1 heterocycles. The van der Waals surface area contributed by atoms with Gasteiger partial charge < -0.3 is 9.47 Å². The molecule has 0 N–H and O–H groups in total. The summed E-state index contributed by atoms with van der Waals surface area (Å²) >= 11 is 13.7. The Morgan fingerprint density at radius 2 is 1.68 bits per heavy atom. The highest BCUT2D eigenvalue weighted by atomic mass is 35.5. The number of thioether (sulfide) groups is 1. The number of aliphatic imine (C=N–C) groups is 1. The number of ether oxygens (including phenoxy) is 2. The normalized spacial score (nSPS) is 15.1. The molecule has 0 saturated carbocycles. The van der Waals surface area contributed by atoms with Gasteiger partial charge in [-0.25, -0.2) is 4.99 Å². The zero-order valence-corrected chi connectivity index (χ0v) is 25.0. The van der Waals surface area contributed by atoms with Crippen molar-refractivity contribution in [2.75, 3.05) is 6.61 Å². The number of hydrogen-bond donors (Lipinski definition) is 0. The number of carbonyl (C=O) groups is 1. The fourth-order valence-electron chi connectivity index (χ4n) is 4.17. The summed E-state index contributed by atoms with van der Waals surface area (Å²) in [6.07, 6.45) is 1.87. The van der Waals surface area contributed by atoms with Gasteiger partial charge in [0, 0.05) is 15.6 Å². The Balaban J connectivity index is 1.42. The molecule has 0 radical (unpaired) electrons. The number of carbonyl (C=O) groups excluding carboxylic acids is 1. The molecule has 41 heavy (non-hydrogen) atoms. The maximum atomic E-state index is 13.6. The van der Waals surface area contributed by atoms with Crippen LogP contribution in [0.25, 0.3) is 6.08 Å². The summed E-state index contributed by atoms with van der Waals surface area (Å²) in [4.78, 5) is 20.8. The third-order valence-electron chi connectivity index (χ3n) is 6.29. The predicted octanol–water partition coefficient (Wildman–Crippen LogP) is 9.08. The fourth-order valence-corrected chi connectivity index (χ4v) is 5.64. The van der Waals surface area contributed by atoms with Crippen molar-refractivity contribution in [3.63, 3.8) is 0 Å². The van der Waals surface area contributed by atoms with Crippen LogP contribution in [-0.4, -0.2) is 22.6 Å². The zero-order chi connectivity index (χ0) is 28.8. The molecule has 0 atom stereocenters. The van der Waals surface area contributed by atoms with Crippen molar-refractivity contribution < 1.29 is 14.3 Å². The molecule has 1 amide bonds. The van der Waals surface area contributed by atoms with E-state index in [1.165, 1.54) is 11.8 Å². The number of aryl methyl sites for hydroxylation is 1. The van der Waals surface area contributed by atoms with Gasteiger partial charge in [0.2, 0.25) is 0 Å². The maximum absolute atomic E-state index is 13.6. The predicted molar refractivity (Wildman–Crippen MR) is 169 cm³/mol. The van der Waals surface area contributed by atoms with Crippen LogP contribution in [0.5, 0.6) is 11.5 Å². The molecule has 1 aliphatic heterocycles. The van der Waals surface area contributed by atoms with Gasteiger partial charge in [-0.3, -0.25) is 9.69 Å². The van der Waals surface area contributed by atoms with Gasteiger partial charge in [-0.05, 0) is 79.2 Å². The van der Waals surface area contributed by atoms with Crippen LogP contribution in [0, 0.1) is 6.92 Å². The number of halogens is 2. The van der Waals surface area contributed by atoms with E-state index < -0.39 is 0 Å². The van der Waals surface area contributed by atoms with Crippen molar-refractivity contribution in [2.45, 2.75) is 27.0 Å². The lowest BCUT2D eigenvalue weighted by molar-refractivity contribution is -0.122. The molecule has 8 heteroatoms. The van der Waals surface area contributed by atoms with E-state index in [4.69, 9.17) is 37.7 Å². The van der Waals surface area contributed by atoms with Gasteiger partial charge in [-0.2, -0.15) is 0 Å². The third-order valence-corrected chi connectivity index (χ3v) is 7.89. The Morgan fingerprint density at radius 3 is 2.41 bits per heavy atom. The number of rotatable bonds is 9. The van der Waals surface area contributed by atoms with Crippen molar-refractivity contribution in [3.05, 3.63) is 128 Å². The van der Waals surface area contributed by atoms with Gasteiger partial charge in [-0.1, -0.05) is 83.4 Å². The molecule has 4 aromatic carbocycles. The Hall–Kier alpha value is -3.71. The van der Waals surface area contributed by atoms with E-state index in [1.807, 2.05) is 98.8 Å². The quantitative estimate of drug-likeness (QED) is 0.179. The third kappa shape index (κ3) is 7.33. The Bertz CT molecular complexity index is 1610. The summed E-state index contributed by atoms with van der Waals surface area (Å²) in [7, 11) is 0. The van der Waals surface area contributed by atoms with Crippen molar-refractivity contribution in [2.24, 2.45) is 4.99 Å². The summed E-state index contributed by atoms with van der Waals surface area (Å²) in [5.74, 6) is 1.06. The molecular weight excluding hydrogens is 575 g/mol. The van der Waals surface area contributed by atoms with Crippen LogP contribution < -0.4 is 9.47 Å². The molecule has 0 spiro atoms. The van der Waals surface area contributed by atoms with E-state index in [0.717, 1.165) is 27.9 Å². The minimum absolute atomic E-state index is 0.0969. The molecule has 0 unspecified atom stereocenters. The monoisotopic (exact) mass is 602 g/mol. The highest BCUT2D eigenvalue weighted by molar-refractivity contribution is 8.18. The van der Waals surface area contributed by atoms with Crippen molar-refractivity contribution in [3.8, 4) is 11.5 Å². The molecule has 5 rings (SSSR count). The first-order chi connectivity index (χ1) is 19.9. The van der Waals surface area contributed by atoms with E-state index in [0.29, 0.717) is 44.8 Å². The molecular formula is C33H28Cl2N2O3S. The second-order valence-electron chi connectivity index (χ2n) is 9.38. The summed E-state index contributed by atoms with van der Waals surface area (Å²) in [6.45, 7) is 5.10. The molecule has 4 aromatic rings. The molecule has 0 bridgehead atoms. The summed E-state index contributed by atoms with van der Waals surface area (Å²) < 4.78 is 11.9. The van der Waals surface area contributed by atoms with Gasteiger partial charge >= 0.3 is 0 Å². The van der Waals surface area contributed by atoms with Crippen molar-refractivity contribution in [1.29, 1.82) is 0 Å². The molecule has 0 aliphatic carbocycles. The lowest BCUT2D eigenvalue weighted by Crippen LogP contribution is -2.28. The lowest BCUT2D eigenvalue weighted by Gasteiger charge is -2.15. The average Bonchev–Trinajstić information content (AvgIpc) is 3.24. The van der Waals surface area contributed by atoms with Gasteiger partial charge in [0.25, 0.3) is 5.91 Å². The Kier molecular flexibility index (Phi) is 9.35. The Labute approximate surface area is 254 Å². The van der Waals surface area contributed by atoms with Crippen LogP contribution in [0.4, 0.5) is 5.69 Å². The minimum Gasteiger partial charge on any atom is -0.490 e. The van der Waals surface area contributed by atoms with Gasteiger partial charge in [0.05, 0.1) is 23.7 Å². The summed E-state index contributed by atoms with van der Waals surface area (Å²) in [5, 5.41) is 1.75. The number of amidine groups is 1. The van der Waals surface area contributed by atoms with Crippen LogP contribution in [0.3, 0.4) is 0 Å². The van der Waals surface area contributed by atoms with Crippen molar-refractivity contribution in [1.82, 2.24) is 4.90 Å². The zero-order valence-electron chi connectivity index (χ0n) is 22.6. The lowest BCUT2D eigenvalue weighted by atomic mass is 10.1. The highest BCUT2D eigenvalue weighted by Gasteiger charge is 2.33. The highest BCUT2D eigenvalue weighted by Crippen LogP contribution is 2.37. The number of nitrogens with zero attached hydrogens (tertiary/aromatic N) is 2. The van der Waals surface area contributed by atoms with E-state index in [1.54, 1.807) is 17.0 Å². The van der Waals surface area contributed by atoms with E-state index in [9.17, 15) is 4.79 Å². The molecule has 0 aromatic heterocycles. The van der Waals surface area contributed by atoms with Gasteiger partial charge in [-0.15, -0.1) is 0 Å². The van der Waals surface area contributed by atoms with Crippen LogP contribution in [-0.2, 0) is 17.9 Å². The molecule has 208 valence electrons. The van der Waals surface area contributed by atoms with Crippen LogP contribution >= 0.6 is 35.0 Å². The summed E-state index contributed by atoms with van der Waals surface area (Å²) in [5.41, 5.74) is 4.61. The van der Waals surface area contributed by atoms with Gasteiger partial charge in [0.15, 0.2) is 16.7 Å². The minimum atomic E-state index is -0.0969. The van der Waals surface area contributed by atoms with E-state index >= 15 is 0 Å². The maximum Gasteiger partial charge on any atom is 0.267 e. The molecule has 1 saturated heterocycles. The van der Waals surface area contributed by atoms with Gasteiger partial charge in [0.1, 0.15) is 6.61 Å². The number of amides is 1. The topological polar surface area (TPSA) is 51.1 Å². The standard InChI is InChI=1S/C33H28Cl2N2O3S/c1-3-39-30-17-24(11-16-29(30)40-21-25-12-13-26(34)19-28(25)35)18-31-32(38)37(20-23-7-5-4-6-8-23)33(41-31)36-27-14-9-22(2)10-15-27/h4-19H,3,20-21H2,1-2H3/b31-18+,36-33?. The molecule has 1 aliphatic rings. The van der Waals surface area contributed by atoms with Crippen LogP contribution in [0.15, 0.2) is 101 Å². The summed E-state index contributed by atoms with van der Waals surface area (Å²) in [6, 6.07) is 28.8. The Morgan fingerprint density at radius 1 is 0.902 bits per heavy atom. The number of benzene rings is 4. The average molecular weight is 604 g/mol. The van der Waals surface area contributed by atoms with Crippen LogP contribution in [0.2, 0.25) is 10.0 Å². The van der Waals surface area contributed by atoms with E-state index in [2.05, 4.69) is 0 Å². The first-order valence-electron chi connectivity index (χ1n) is 13.1. The fraction of sp³-hybridized carbons (Fsp3) is 0.152. The largest absolute Gasteiger partial charge is 0.490 e. The number of hydrogen-bond acceptors (Lipinski definition) is 5. The SMILES string of the molecule is CCOc1cc(/C=C2/SC(=Nc3ccc(C)cc3)N(Cc3ccccc3)C2=O)ccc1OCc1ccc(Cl)cc1Cl. The van der Waals surface area contributed by atoms with E-state index in [-0.39, 0.29) is 12.5 Å². The van der Waals surface area contributed by atoms with Crippen LogP contribution in [0.1, 0.15) is 29.2 Å². The first-order valence-corrected chi connectivity index (χ1v) is 14.7. The second-order valence-corrected chi connectivity index (χ2v) is 11.2.